The van der Waals surface area contributed by atoms with Crippen molar-refractivity contribution in [3.63, 3.8) is 0 Å². The molecule has 3 unspecified atom stereocenters. The third kappa shape index (κ3) is 2.48. The molecule has 3 nitrogen and oxygen atoms in total. The summed E-state index contributed by atoms with van der Waals surface area (Å²) in [6.07, 6.45) is 3.82. The van der Waals surface area contributed by atoms with Crippen molar-refractivity contribution in [3.05, 3.63) is 59.7 Å². The summed E-state index contributed by atoms with van der Waals surface area (Å²) >= 11 is 0. The first-order valence-corrected chi connectivity index (χ1v) is 8.93. The predicted molar refractivity (Wildman–Crippen MR) is 98.0 cm³/mol. The van der Waals surface area contributed by atoms with Gasteiger partial charge in [-0.2, -0.15) is 0 Å². The number of hydrogen-bond donors (Lipinski definition) is 1. The number of rotatable bonds is 3. The molecule has 1 aliphatic carbocycles. The maximum Gasteiger partial charge on any atom is 0.140 e. The smallest absolute Gasteiger partial charge is 0.140 e. The van der Waals surface area contributed by atoms with E-state index in [-0.39, 0.29) is 12.0 Å². The van der Waals surface area contributed by atoms with E-state index in [0.717, 1.165) is 30.5 Å². The highest BCUT2D eigenvalue weighted by molar-refractivity contribution is 5.86. The second-order valence-electron chi connectivity index (χ2n) is 7.05. The van der Waals surface area contributed by atoms with Crippen molar-refractivity contribution in [2.24, 2.45) is 5.92 Å². The molecule has 0 spiro atoms. The zero-order valence-corrected chi connectivity index (χ0v) is 14.1. The van der Waals surface area contributed by atoms with E-state index in [1.807, 2.05) is 18.2 Å². The fraction of sp³-hybridized carbons (Fsp3) is 0.381. The van der Waals surface area contributed by atoms with E-state index >= 15 is 0 Å². The third-order valence-electron chi connectivity index (χ3n) is 5.63. The summed E-state index contributed by atoms with van der Waals surface area (Å²) in [5.74, 6) is 0.503. The molecule has 2 bridgehead atoms. The lowest BCUT2D eigenvalue weighted by molar-refractivity contribution is -0.128. The van der Waals surface area contributed by atoms with E-state index in [1.165, 1.54) is 11.3 Å². The number of nitrogen functional groups attached to an aromatic ring is 1. The van der Waals surface area contributed by atoms with Crippen molar-refractivity contribution in [2.45, 2.75) is 44.7 Å². The summed E-state index contributed by atoms with van der Waals surface area (Å²) in [6, 6.07) is 17.3. The number of fused-ring (bicyclic) bond motifs is 3. The van der Waals surface area contributed by atoms with Gasteiger partial charge in [-0.3, -0.25) is 4.79 Å². The van der Waals surface area contributed by atoms with Gasteiger partial charge < -0.3 is 10.6 Å². The monoisotopic (exact) mass is 320 g/mol. The van der Waals surface area contributed by atoms with Gasteiger partial charge in [-0.1, -0.05) is 31.2 Å². The molecular weight excluding hydrogens is 296 g/mol. The van der Waals surface area contributed by atoms with E-state index in [1.54, 1.807) is 0 Å². The largest absolute Gasteiger partial charge is 0.399 e. The van der Waals surface area contributed by atoms with Gasteiger partial charge in [0, 0.05) is 29.8 Å². The van der Waals surface area contributed by atoms with E-state index in [2.05, 4.69) is 42.2 Å². The van der Waals surface area contributed by atoms with Crippen molar-refractivity contribution in [2.75, 3.05) is 10.6 Å². The van der Waals surface area contributed by atoms with E-state index < -0.39 is 0 Å². The van der Waals surface area contributed by atoms with Crippen LogP contribution >= 0.6 is 0 Å². The summed E-state index contributed by atoms with van der Waals surface area (Å²) in [4.78, 5) is 15.0. The second kappa shape index (κ2) is 5.97. The minimum Gasteiger partial charge on any atom is -0.399 e. The summed E-state index contributed by atoms with van der Waals surface area (Å²) in [6.45, 7) is 2.17. The first-order chi connectivity index (χ1) is 11.7. The Kier molecular flexibility index (Phi) is 3.79. The molecule has 3 atom stereocenters. The maximum atomic E-state index is 12.5. The number of benzene rings is 2. The van der Waals surface area contributed by atoms with Crippen LogP contribution in [-0.2, 0) is 11.2 Å². The lowest BCUT2D eigenvalue weighted by Crippen LogP contribution is -2.54. The van der Waals surface area contributed by atoms with Gasteiger partial charge in [0.05, 0.1) is 6.04 Å². The number of piperidine rings is 2. The Morgan fingerprint density at radius 3 is 2.58 bits per heavy atom. The summed E-state index contributed by atoms with van der Waals surface area (Å²) in [5.41, 5.74) is 10.5. The van der Waals surface area contributed by atoms with Crippen LogP contribution in [0.15, 0.2) is 48.5 Å². The fourth-order valence-corrected chi connectivity index (χ4v) is 4.42. The minimum absolute atomic E-state index is 0.0858. The number of ketones is 1. The Balaban J connectivity index is 1.78. The average Bonchev–Trinajstić information content (AvgIpc) is 2.61. The van der Waals surface area contributed by atoms with Crippen molar-refractivity contribution in [3.8, 4) is 0 Å². The van der Waals surface area contributed by atoms with Gasteiger partial charge in [-0.15, -0.1) is 0 Å². The van der Waals surface area contributed by atoms with Crippen LogP contribution in [0.4, 0.5) is 11.4 Å². The van der Waals surface area contributed by atoms with Gasteiger partial charge >= 0.3 is 0 Å². The van der Waals surface area contributed by atoms with Crippen LogP contribution in [0.1, 0.15) is 43.4 Å². The van der Waals surface area contributed by atoms with E-state index in [4.69, 9.17) is 5.73 Å². The zero-order valence-electron chi connectivity index (χ0n) is 14.1. The van der Waals surface area contributed by atoms with Crippen molar-refractivity contribution < 1.29 is 4.79 Å². The number of carbonyl (C=O) groups is 1. The van der Waals surface area contributed by atoms with Gasteiger partial charge in [0.15, 0.2) is 0 Å². The van der Waals surface area contributed by atoms with E-state index in [9.17, 15) is 4.79 Å². The number of Topliss-reactive ketones (excluding diaryl/α,β-unsaturated/α-hetero) is 1. The summed E-state index contributed by atoms with van der Waals surface area (Å²) < 4.78 is 0. The van der Waals surface area contributed by atoms with Crippen LogP contribution in [0, 0.1) is 5.92 Å². The van der Waals surface area contributed by atoms with Crippen molar-refractivity contribution in [1.82, 2.24) is 0 Å². The maximum absolute atomic E-state index is 12.5. The Hall–Kier alpha value is -2.29. The van der Waals surface area contributed by atoms with Crippen LogP contribution in [0.2, 0.25) is 0 Å². The molecule has 5 rings (SSSR count). The molecule has 24 heavy (non-hydrogen) atoms. The summed E-state index contributed by atoms with van der Waals surface area (Å²) in [5, 5.41) is 0. The first-order valence-electron chi connectivity index (χ1n) is 8.93. The molecule has 2 N–H and O–H groups in total. The Morgan fingerprint density at radius 1 is 1.12 bits per heavy atom. The quantitative estimate of drug-likeness (QED) is 0.865. The molecule has 0 radical (unpaired) electrons. The Bertz CT molecular complexity index is 753. The molecule has 124 valence electrons. The molecule has 2 heterocycles. The summed E-state index contributed by atoms with van der Waals surface area (Å²) in [7, 11) is 0. The van der Waals surface area contributed by atoms with Gasteiger partial charge in [0.25, 0.3) is 0 Å². The number of nitrogens with two attached hydrogens (primary N) is 1. The molecule has 0 aromatic heterocycles. The highest BCUT2D eigenvalue weighted by Gasteiger charge is 2.47. The normalized spacial score (nSPS) is 26.0. The van der Waals surface area contributed by atoms with Crippen LogP contribution in [0.25, 0.3) is 0 Å². The lowest BCUT2D eigenvalue weighted by Gasteiger charge is -2.52. The highest BCUT2D eigenvalue weighted by atomic mass is 16.1. The predicted octanol–water partition coefficient (Wildman–Crippen LogP) is 4.13. The highest BCUT2D eigenvalue weighted by Crippen LogP contribution is 2.48. The minimum atomic E-state index is 0.0858. The zero-order chi connectivity index (χ0) is 16.7. The molecule has 1 saturated carbocycles. The van der Waals surface area contributed by atoms with E-state index in [0.29, 0.717) is 18.2 Å². The fourth-order valence-electron chi connectivity index (χ4n) is 4.42. The number of aryl methyl sites for hydroxylation is 1. The number of anilines is 2. The average molecular weight is 320 g/mol. The van der Waals surface area contributed by atoms with Crippen LogP contribution in [0.3, 0.4) is 0 Å². The lowest BCUT2D eigenvalue weighted by atomic mass is 9.71. The Labute approximate surface area is 143 Å². The molecule has 0 amide bonds. The molecular formula is C21H24N2O. The molecule has 3 fully saturated rings. The number of hydrogen-bond acceptors (Lipinski definition) is 3. The van der Waals surface area contributed by atoms with Crippen LogP contribution in [0.5, 0.6) is 0 Å². The standard InChI is InChI=1S/C21H24N2O/c1-2-14-6-8-17(9-7-14)23-18-10-11-19(20(24)13-18)21(23)15-4-3-5-16(22)12-15/h3-9,12,18-19,21H,2,10-11,13,22H2,1H3. The third-order valence-corrected chi connectivity index (χ3v) is 5.63. The molecule has 2 saturated heterocycles. The Morgan fingerprint density at radius 2 is 1.92 bits per heavy atom. The topological polar surface area (TPSA) is 46.3 Å². The first kappa shape index (κ1) is 15.3. The SMILES string of the molecule is CCc1ccc(N2C3CCC(C(=O)C3)C2c2cccc(N)c2)cc1. The van der Waals surface area contributed by atoms with Crippen molar-refractivity contribution >= 4 is 17.2 Å². The van der Waals surface area contributed by atoms with Crippen molar-refractivity contribution in [1.29, 1.82) is 0 Å². The molecule has 2 aromatic carbocycles. The number of carbonyl (C=O) groups excluding carboxylic acids is 1. The van der Waals surface area contributed by atoms with Gasteiger partial charge in [-0.05, 0) is 54.7 Å². The number of nitrogens with zero attached hydrogens (tertiary/aromatic N) is 1. The molecule has 2 aliphatic heterocycles. The van der Waals surface area contributed by atoms with Crippen LogP contribution in [-0.4, -0.2) is 11.8 Å². The van der Waals surface area contributed by atoms with Gasteiger partial charge in [0.1, 0.15) is 5.78 Å². The van der Waals surface area contributed by atoms with Crippen LogP contribution < -0.4 is 10.6 Å². The van der Waals surface area contributed by atoms with Gasteiger partial charge in [0.2, 0.25) is 0 Å². The molecule has 3 aliphatic rings. The molecule has 3 heteroatoms. The van der Waals surface area contributed by atoms with Gasteiger partial charge in [-0.25, -0.2) is 0 Å². The second-order valence-corrected chi connectivity index (χ2v) is 7.05. The molecule has 2 aromatic rings.